The van der Waals surface area contributed by atoms with E-state index in [2.05, 4.69) is 25.9 Å². The van der Waals surface area contributed by atoms with Crippen molar-refractivity contribution in [1.29, 1.82) is 0 Å². The number of hydrogen-bond acceptors (Lipinski definition) is 4. The van der Waals surface area contributed by atoms with Crippen LogP contribution in [0.4, 0.5) is 0 Å². The zero-order chi connectivity index (χ0) is 13.3. The first-order chi connectivity index (χ1) is 8.49. The Hall–Kier alpha value is -1.27. The van der Waals surface area contributed by atoms with Gasteiger partial charge < -0.3 is 5.11 Å². The molecule has 0 amide bonds. The molecule has 0 atom stereocenters. The summed E-state index contributed by atoms with van der Waals surface area (Å²) in [7, 11) is 0. The molecule has 0 aromatic carbocycles. The van der Waals surface area contributed by atoms with Crippen molar-refractivity contribution in [3.05, 3.63) is 33.5 Å². The van der Waals surface area contributed by atoms with Gasteiger partial charge in [-0.25, -0.2) is 9.78 Å². The Morgan fingerprint density at radius 2 is 2.17 bits per heavy atom. The topological polar surface area (TPSA) is 63.1 Å². The smallest absolute Gasteiger partial charge is 0.347 e. The normalized spacial score (nSPS) is 10.9. The van der Waals surface area contributed by atoms with Gasteiger partial charge in [0.1, 0.15) is 9.88 Å². The van der Waals surface area contributed by atoms with Crippen molar-refractivity contribution < 1.29 is 9.90 Å². The molecule has 0 unspecified atom stereocenters. The maximum absolute atomic E-state index is 11.2. The van der Waals surface area contributed by atoms with Crippen LogP contribution in [0.15, 0.2) is 22.9 Å². The molecule has 2 aromatic heterocycles. The van der Waals surface area contributed by atoms with Crippen LogP contribution in [0.2, 0.25) is 0 Å². The predicted molar refractivity (Wildman–Crippen MR) is 74.1 cm³/mol. The average molecular weight is 327 g/mol. The largest absolute Gasteiger partial charge is 0.477 e. The number of rotatable bonds is 3. The van der Waals surface area contributed by atoms with Gasteiger partial charge in [0.15, 0.2) is 0 Å². The lowest BCUT2D eigenvalue weighted by Crippen LogP contribution is -2.00. The Labute approximate surface area is 117 Å². The third kappa shape index (κ3) is 2.59. The summed E-state index contributed by atoms with van der Waals surface area (Å²) >= 11 is 4.53. The van der Waals surface area contributed by atoms with Crippen LogP contribution in [0.5, 0.6) is 0 Å². The van der Waals surface area contributed by atoms with E-state index in [0.717, 1.165) is 10.0 Å². The second-order valence-corrected chi connectivity index (χ2v) is 6.00. The first kappa shape index (κ1) is 13.2. The standard InChI is InChI=1S/C12H11BrN2O2S/c1-6(2)9-10(12(16)17)18-11(15-9)7-3-8(13)5-14-4-7/h3-6H,1-2H3,(H,16,17). The van der Waals surface area contributed by atoms with Crippen LogP contribution in [0.1, 0.15) is 35.1 Å². The Bertz CT molecular complexity index is 596. The molecule has 0 bridgehead atoms. The van der Waals surface area contributed by atoms with E-state index in [1.807, 2.05) is 19.9 Å². The molecule has 0 fully saturated rings. The van der Waals surface area contributed by atoms with Gasteiger partial charge in [0.25, 0.3) is 0 Å². The predicted octanol–water partition coefficient (Wildman–Crippen LogP) is 3.79. The van der Waals surface area contributed by atoms with Crippen LogP contribution < -0.4 is 0 Å². The van der Waals surface area contributed by atoms with E-state index in [9.17, 15) is 9.90 Å². The van der Waals surface area contributed by atoms with Crippen molar-refractivity contribution in [2.45, 2.75) is 19.8 Å². The van der Waals surface area contributed by atoms with E-state index >= 15 is 0 Å². The van der Waals surface area contributed by atoms with E-state index < -0.39 is 5.97 Å². The van der Waals surface area contributed by atoms with Crippen LogP contribution in [0, 0.1) is 0 Å². The summed E-state index contributed by atoms with van der Waals surface area (Å²) in [5, 5.41) is 9.86. The summed E-state index contributed by atoms with van der Waals surface area (Å²) in [6.45, 7) is 3.87. The Morgan fingerprint density at radius 3 is 2.67 bits per heavy atom. The van der Waals surface area contributed by atoms with Gasteiger partial charge in [-0.2, -0.15) is 0 Å². The summed E-state index contributed by atoms with van der Waals surface area (Å²) in [6.07, 6.45) is 3.36. The minimum absolute atomic E-state index is 0.0845. The van der Waals surface area contributed by atoms with Crippen molar-refractivity contribution in [3.63, 3.8) is 0 Å². The number of nitrogens with zero attached hydrogens (tertiary/aromatic N) is 2. The molecule has 0 aliphatic heterocycles. The molecular weight excluding hydrogens is 316 g/mol. The van der Waals surface area contributed by atoms with Gasteiger partial charge in [0.05, 0.1) is 5.69 Å². The number of aromatic carboxylic acids is 1. The summed E-state index contributed by atoms with van der Waals surface area (Å²) in [5.74, 6) is -0.841. The molecule has 0 aliphatic carbocycles. The average Bonchev–Trinajstić information content (AvgIpc) is 2.73. The highest BCUT2D eigenvalue weighted by molar-refractivity contribution is 9.10. The zero-order valence-electron chi connectivity index (χ0n) is 9.85. The minimum atomic E-state index is -0.926. The molecule has 0 radical (unpaired) electrons. The summed E-state index contributed by atoms with van der Waals surface area (Å²) in [6, 6.07) is 1.88. The van der Waals surface area contributed by atoms with Gasteiger partial charge in [0.2, 0.25) is 0 Å². The Morgan fingerprint density at radius 1 is 1.44 bits per heavy atom. The van der Waals surface area contributed by atoms with E-state index in [0.29, 0.717) is 15.6 Å². The number of aromatic nitrogens is 2. The first-order valence-electron chi connectivity index (χ1n) is 5.34. The molecular formula is C12H11BrN2O2S. The maximum atomic E-state index is 11.2. The Balaban J connectivity index is 2.53. The highest BCUT2D eigenvalue weighted by atomic mass is 79.9. The maximum Gasteiger partial charge on any atom is 0.347 e. The van der Waals surface area contributed by atoms with Gasteiger partial charge in [-0.3, -0.25) is 4.98 Å². The number of hydrogen-bond donors (Lipinski definition) is 1. The number of halogens is 1. The van der Waals surface area contributed by atoms with E-state index in [1.165, 1.54) is 11.3 Å². The van der Waals surface area contributed by atoms with Crippen LogP contribution in [-0.4, -0.2) is 21.0 Å². The van der Waals surface area contributed by atoms with Gasteiger partial charge >= 0.3 is 5.97 Å². The first-order valence-corrected chi connectivity index (χ1v) is 6.95. The highest BCUT2D eigenvalue weighted by Crippen LogP contribution is 2.32. The van der Waals surface area contributed by atoms with E-state index in [-0.39, 0.29) is 5.92 Å². The molecule has 2 rings (SSSR count). The van der Waals surface area contributed by atoms with Crippen molar-refractivity contribution in [3.8, 4) is 10.6 Å². The van der Waals surface area contributed by atoms with Crippen molar-refractivity contribution in [2.75, 3.05) is 0 Å². The Kier molecular flexibility index (Phi) is 3.77. The summed E-state index contributed by atoms with van der Waals surface area (Å²) in [5.41, 5.74) is 1.45. The highest BCUT2D eigenvalue weighted by Gasteiger charge is 2.20. The third-order valence-corrected chi connectivity index (χ3v) is 3.89. The fourth-order valence-electron chi connectivity index (χ4n) is 1.53. The molecule has 0 saturated heterocycles. The quantitative estimate of drug-likeness (QED) is 0.932. The fraction of sp³-hybridized carbons (Fsp3) is 0.250. The molecule has 6 heteroatoms. The van der Waals surface area contributed by atoms with E-state index in [4.69, 9.17) is 0 Å². The van der Waals surface area contributed by atoms with Crippen LogP contribution in [0.25, 0.3) is 10.6 Å². The summed E-state index contributed by atoms with van der Waals surface area (Å²) < 4.78 is 0.846. The summed E-state index contributed by atoms with van der Waals surface area (Å²) in [4.78, 5) is 20.0. The number of thiazole rings is 1. The van der Waals surface area contributed by atoms with Crippen LogP contribution in [0.3, 0.4) is 0 Å². The molecule has 2 aromatic rings. The molecule has 0 aliphatic rings. The van der Waals surface area contributed by atoms with Crippen molar-refractivity contribution >= 4 is 33.2 Å². The lowest BCUT2D eigenvalue weighted by atomic mass is 10.1. The zero-order valence-corrected chi connectivity index (χ0v) is 12.2. The van der Waals surface area contributed by atoms with Gasteiger partial charge in [-0.15, -0.1) is 11.3 Å². The second-order valence-electron chi connectivity index (χ2n) is 4.09. The molecule has 1 N–H and O–H groups in total. The molecule has 2 heterocycles. The SMILES string of the molecule is CC(C)c1nc(-c2cncc(Br)c2)sc1C(=O)O. The number of carboxylic acid groups (broad SMARTS) is 1. The van der Waals surface area contributed by atoms with Gasteiger partial charge in [-0.05, 0) is 27.9 Å². The third-order valence-electron chi connectivity index (χ3n) is 2.35. The molecule has 0 saturated carbocycles. The fourth-order valence-corrected chi connectivity index (χ4v) is 2.93. The second kappa shape index (κ2) is 5.16. The van der Waals surface area contributed by atoms with Crippen molar-refractivity contribution in [2.24, 2.45) is 0 Å². The lowest BCUT2D eigenvalue weighted by Gasteiger charge is -2.00. The number of carboxylic acids is 1. The van der Waals surface area contributed by atoms with Gasteiger partial charge in [-0.1, -0.05) is 13.8 Å². The molecule has 4 nitrogen and oxygen atoms in total. The number of carbonyl (C=O) groups is 1. The van der Waals surface area contributed by atoms with Crippen molar-refractivity contribution in [1.82, 2.24) is 9.97 Å². The molecule has 94 valence electrons. The minimum Gasteiger partial charge on any atom is -0.477 e. The van der Waals surface area contributed by atoms with Gasteiger partial charge in [0, 0.05) is 22.4 Å². The monoisotopic (exact) mass is 326 g/mol. The van der Waals surface area contributed by atoms with Crippen LogP contribution >= 0.6 is 27.3 Å². The van der Waals surface area contributed by atoms with E-state index in [1.54, 1.807) is 12.4 Å². The number of pyridine rings is 1. The molecule has 18 heavy (non-hydrogen) atoms. The lowest BCUT2D eigenvalue weighted by molar-refractivity contribution is 0.0700. The van der Waals surface area contributed by atoms with Crippen LogP contribution in [-0.2, 0) is 0 Å². The molecule has 0 spiro atoms.